The van der Waals surface area contributed by atoms with Crippen LogP contribution in [0.15, 0.2) is 18.2 Å². The Balaban J connectivity index is 2.16. The van der Waals surface area contributed by atoms with Crippen LogP contribution in [0.5, 0.6) is 0 Å². The van der Waals surface area contributed by atoms with Gasteiger partial charge in [0, 0.05) is 13.1 Å². The van der Waals surface area contributed by atoms with Crippen molar-refractivity contribution < 1.29 is 32.3 Å². The number of alkyl halides is 3. The number of para-hydroxylation sites is 1. The molecular formula is C14H14F4N2O3. The van der Waals surface area contributed by atoms with Gasteiger partial charge < -0.3 is 15.3 Å². The van der Waals surface area contributed by atoms with Crippen LogP contribution < -0.4 is 5.32 Å². The number of likely N-dealkylation sites (tertiary alicyclic amines) is 1. The van der Waals surface area contributed by atoms with Crippen LogP contribution in [0.3, 0.4) is 0 Å². The fourth-order valence-corrected chi connectivity index (χ4v) is 2.53. The van der Waals surface area contributed by atoms with Gasteiger partial charge in [-0.3, -0.25) is 4.79 Å². The Morgan fingerprint density at radius 2 is 1.96 bits per heavy atom. The van der Waals surface area contributed by atoms with Crippen LogP contribution in [0.4, 0.5) is 28.0 Å². The number of aliphatic carboxylic acids is 1. The van der Waals surface area contributed by atoms with E-state index in [0.717, 1.165) is 11.0 Å². The van der Waals surface area contributed by atoms with Gasteiger partial charge in [0.25, 0.3) is 0 Å². The summed E-state index contributed by atoms with van der Waals surface area (Å²) in [5, 5.41) is 11.1. The number of halogens is 4. The molecule has 0 aromatic heterocycles. The van der Waals surface area contributed by atoms with Crippen LogP contribution in [-0.4, -0.2) is 41.3 Å². The molecule has 2 rings (SSSR count). The number of rotatable bonds is 2. The first kappa shape index (κ1) is 17.0. The fraction of sp³-hybridized carbons (Fsp3) is 0.429. The van der Waals surface area contributed by atoms with E-state index in [0.29, 0.717) is 5.56 Å². The minimum Gasteiger partial charge on any atom is -0.481 e. The maximum Gasteiger partial charge on any atom is 0.394 e. The molecule has 1 aliphatic rings. The van der Waals surface area contributed by atoms with Crippen molar-refractivity contribution in [3.8, 4) is 0 Å². The highest BCUT2D eigenvalue weighted by atomic mass is 19.4. The SMILES string of the molecule is Cc1cccc(F)c1NC(=O)N1C[C@@H](C(F)(F)F)[C@H](C(=O)O)C1. The normalized spacial score (nSPS) is 21.3. The van der Waals surface area contributed by atoms with E-state index in [1.165, 1.54) is 19.1 Å². The third kappa shape index (κ3) is 3.54. The highest BCUT2D eigenvalue weighted by molar-refractivity contribution is 5.91. The van der Waals surface area contributed by atoms with Crippen molar-refractivity contribution in [2.45, 2.75) is 13.1 Å². The molecule has 9 heteroatoms. The molecule has 23 heavy (non-hydrogen) atoms. The molecule has 2 N–H and O–H groups in total. The largest absolute Gasteiger partial charge is 0.481 e. The van der Waals surface area contributed by atoms with Crippen molar-refractivity contribution in [3.63, 3.8) is 0 Å². The number of hydrogen-bond donors (Lipinski definition) is 2. The van der Waals surface area contributed by atoms with E-state index in [1.807, 2.05) is 0 Å². The lowest BCUT2D eigenvalue weighted by Gasteiger charge is -2.19. The van der Waals surface area contributed by atoms with Crippen molar-refractivity contribution in [2.24, 2.45) is 11.8 Å². The lowest BCUT2D eigenvalue weighted by molar-refractivity contribution is -0.187. The van der Waals surface area contributed by atoms with E-state index < -0.39 is 48.9 Å². The van der Waals surface area contributed by atoms with Crippen molar-refractivity contribution in [2.75, 3.05) is 18.4 Å². The summed E-state index contributed by atoms with van der Waals surface area (Å²) >= 11 is 0. The molecule has 2 atom stereocenters. The third-order valence-corrected chi connectivity index (χ3v) is 3.80. The molecule has 1 heterocycles. The van der Waals surface area contributed by atoms with Crippen LogP contribution in [0.25, 0.3) is 0 Å². The van der Waals surface area contributed by atoms with Gasteiger partial charge in [-0.15, -0.1) is 0 Å². The van der Waals surface area contributed by atoms with Crippen molar-refractivity contribution in [1.82, 2.24) is 4.90 Å². The second kappa shape index (κ2) is 6.05. The van der Waals surface area contributed by atoms with Gasteiger partial charge in [-0.1, -0.05) is 12.1 Å². The molecule has 0 unspecified atom stereocenters. The van der Waals surface area contributed by atoms with E-state index in [-0.39, 0.29) is 5.69 Å². The summed E-state index contributed by atoms with van der Waals surface area (Å²) in [5.74, 6) is -6.22. The Bertz CT molecular complexity index is 613. The molecule has 1 saturated heterocycles. The van der Waals surface area contributed by atoms with E-state index in [1.54, 1.807) is 0 Å². The van der Waals surface area contributed by atoms with Gasteiger partial charge in [0.1, 0.15) is 5.82 Å². The van der Waals surface area contributed by atoms with E-state index in [9.17, 15) is 27.2 Å². The number of carboxylic acids is 1. The molecule has 0 bridgehead atoms. The smallest absolute Gasteiger partial charge is 0.394 e. The molecule has 1 aliphatic heterocycles. The summed E-state index contributed by atoms with van der Waals surface area (Å²) in [6.07, 6.45) is -4.73. The van der Waals surface area contributed by atoms with E-state index in [2.05, 4.69) is 5.32 Å². The molecule has 0 radical (unpaired) electrons. The summed E-state index contributed by atoms with van der Waals surface area (Å²) in [4.78, 5) is 23.8. The molecule has 5 nitrogen and oxygen atoms in total. The standard InChI is InChI=1S/C14H14F4N2O3/c1-7-3-2-4-10(15)11(7)19-13(23)20-5-8(12(21)22)9(6-20)14(16,17)18/h2-4,8-9H,5-6H2,1H3,(H,19,23)(H,21,22)/t8-,9-/m1/s1. The molecular weight excluding hydrogens is 320 g/mol. The lowest BCUT2D eigenvalue weighted by Crippen LogP contribution is -2.35. The summed E-state index contributed by atoms with van der Waals surface area (Å²) in [7, 11) is 0. The van der Waals surface area contributed by atoms with Crippen LogP contribution in [0.1, 0.15) is 5.56 Å². The summed E-state index contributed by atoms with van der Waals surface area (Å²) in [6.45, 7) is 0.167. The Morgan fingerprint density at radius 3 is 2.43 bits per heavy atom. The summed E-state index contributed by atoms with van der Waals surface area (Å²) in [6, 6.07) is 3.10. The predicted octanol–water partition coefficient (Wildman–Crippen LogP) is 2.86. The Hall–Kier alpha value is -2.32. The number of nitrogens with one attached hydrogen (secondary N) is 1. The van der Waals surface area contributed by atoms with Crippen molar-refractivity contribution >= 4 is 17.7 Å². The topological polar surface area (TPSA) is 69.6 Å². The van der Waals surface area contributed by atoms with Gasteiger partial charge in [-0.25, -0.2) is 9.18 Å². The molecule has 1 aromatic rings. The monoisotopic (exact) mass is 334 g/mol. The highest BCUT2D eigenvalue weighted by Crippen LogP contribution is 2.38. The number of nitrogens with zero attached hydrogens (tertiary/aromatic N) is 1. The van der Waals surface area contributed by atoms with E-state index in [4.69, 9.17) is 5.11 Å². The molecule has 1 fully saturated rings. The molecule has 1 aromatic carbocycles. The molecule has 0 saturated carbocycles. The Morgan fingerprint density at radius 1 is 1.30 bits per heavy atom. The second-order valence-corrected chi connectivity index (χ2v) is 5.36. The van der Waals surface area contributed by atoms with Gasteiger partial charge in [0.15, 0.2) is 0 Å². The van der Waals surface area contributed by atoms with Crippen molar-refractivity contribution in [3.05, 3.63) is 29.6 Å². The third-order valence-electron chi connectivity index (χ3n) is 3.80. The maximum absolute atomic E-state index is 13.7. The van der Waals surface area contributed by atoms with Gasteiger partial charge in [0.2, 0.25) is 0 Å². The van der Waals surface area contributed by atoms with Crippen LogP contribution >= 0.6 is 0 Å². The number of carbonyl (C=O) groups excluding carboxylic acids is 1. The van der Waals surface area contributed by atoms with Crippen molar-refractivity contribution in [1.29, 1.82) is 0 Å². The Kier molecular flexibility index (Phi) is 4.49. The minimum absolute atomic E-state index is 0.139. The van der Waals surface area contributed by atoms with Gasteiger partial charge in [-0.2, -0.15) is 13.2 Å². The predicted molar refractivity (Wildman–Crippen MR) is 72.4 cm³/mol. The first-order chi connectivity index (χ1) is 10.6. The highest BCUT2D eigenvalue weighted by Gasteiger charge is 2.53. The Labute approximate surface area is 128 Å². The minimum atomic E-state index is -4.73. The number of amides is 2. The van der Waals surface area contributed by atoms with Gasteiger partial charge in [0.05, 0.1) is 17.5 Å². The zero-order valence-electron chi connectivity index (χ0n) is 12.0. The number of anilines is 1. The average Bonchev–Trinajstić information content (AvgIpc) is 2.88. The molecule has 2 amide bonds. The van der Waals surface area contributed by atoms with E-state index >= 15 is 0 Å². The fourth-order valence-electron chi connectivity index (χ4n) is 2.53. The number of benzene rings is 1. The summed E-state index contributed by atoms with van der Waals surface area (Å²) in [5.41, 5.74) is 0.263. The maximum atomic E-state index is 13.7. The second-order valence-electron chi connectivity index (χ2n) is 5.36. The number of urea groups is 1. The summed E-state index contributed by atoms with van der Waals surface area (Å²) < 4.78 is 52.3. The van der Waals surface area contributed by atoms with Crippen LogP contribution in [0, 0.1) is 24.6 Å². The molecule has 0 aliphatic carbocycles. The lowest BCUT2D eigenvalue weighted by atomic mass is 9.96. The quantitative estimate of drug-likeness (QED) is 0.817. The first-order valence-electron chi connectivity index (χ1n) is 6.72. The zero-order chi connectivity index (χ0) is 17.4. The number of aryl methyl sites for hydroxylation is 1. The number of carboxylic acid groups (broad SMARTS) is 1. The zero-order valence-corrected chi connectivity index (χ0v) is 12.0. The molecule has 126 valence electrons. The van der Waals surface area contributed by atoms with Gasteiger partial charge >= 0.3 is 18.2 Å². The van der Waals surface area contributed by atoms with Crippen LogP contribution in [0.2, 0.25) is 0 Å². The van der Waals surface area contributed by atoms with Gasteiger partial charge in [-0.05, 0) is 18.6 Å². The average molecular weight is 334 g/mol. The molecule has 0 spiro atoms. The first-order valence-corrected chi connectivity index (χ1v) is 6.72. The van der Waals surface area contributed by atoms with Crippen LogP contribution in [-0.2, 0) is 4.79 Å². The number of carbonyl (C=O) groups is 2. The number of hydrogen-bond acceptors (Lipinski definition) is 2.